The molecule has 0 fully saturated rings. The van der Waals surface area contributed by atoms with E-state index in [0.29, 0.717) is 11.2 Å². The van der Waals surface area contributed by atoms with Crippen LogP contribution in [-0.4, -0.2) is 28.1 Å². The van der Waals surface area contributed by atoms with Crippen LogP contribution >= 0.6 is 0 Å². The van der Waals surface area contributed by atoms with Crippen molar-refractivity contribution in [2.24, 2.45) is 5.73 Å². The van der Waals surface area contributed by atoms with E-state index in [1.807, 2.05) is 0 Å². The summed E-state index contributed by atoms with van der Waals surface area (Å²) in [5, 5.41) is 10.0. The van der Waals surface area contributed by atoms with E-state index in [9.17, 15) is 4.79 Å². The number of carbonyl (C=O) groups is 1. The normalized spacial score (nSPS) is 10.4. The first-order chi connectivity index (χ1) is 6.74. The summed E-state index contributed by atoms with van der Waals surface area (Å²) in [6.45, 7) is 0. The van der Waals surface area contributed by atoms with E-state index in [1.165, 1.54) is 0 Å². The monoisotopic (exact) mass is 191 g/mol. The Kier molecular flexibility index (Phi) is 1.81. The molecule has 0 spiro atoms. The van der Waals surface area contributed by atoms with Crippen LogP contribution < -0.4 is 11.1 Å². The first kappa shape index (κ1) is 8.49. The number of carbonyl (C=O) groups excluding carboxylic acids is 1. The molecule has 14 heavy (non-hydrogen) atoms. The average molecular weight is 191 g/mol. The minimum Gasteiger partial charge on any atom is -0.373 e. The van der Waals surface area contributed by atoms with E-state index in [-0.39, 0.29) is 5.69 Å². The number of anilines is 1. The molecule has 1 amide bonds. The Morgan fingerprint density at radius 1 is 1.64 bits per heavy atom. The Morgan fingerprint density at radius 2 is 2.43 bits per heavy atom. The zero-order chi connectivity index (χ0) is 10.1. The standard InChI is InChI=1S/C8H9N5O/c1-10-8-5-4(2-3-11-8)12-13-6(5)7(9)14/h2-3H,1H3,(H2,9,14)(H,10,11)(H,12,13). The van der Waals surface area contributed by atoms with Crippen molar-refractivity contribution in [1.82, 2.24) is 15.2 Å². The third-order valence-corrected chi connectivity index (χ3v) is 1.95. The summed E-state index contributed by atoms with van der Waals surface area (Å²) in [6, 6.07) is 1.73. The summed E-state index contributed by atoms with van der Waals surface area (Å²) in [7, 11) is 1.72. The van der Waals surface area contributed by atoms with Gasteiger partial charge in [0.25, 0.3) is 5.91 Å². The molecule has 2 rings (SSSR count). The number of rotatable bonds is 2. The van der Waals surface area contributed by atoms with E-state index in [2.05, 4.69) is 20.5 Å². The molecule has 0 aliphatic carbocycles. The highest BCUT2D eigenvalue weighted by Crippen LogP contribution is 2.21. The summed E-state index contributed by atoms with van der Waals surface area (Å²) in [4.78, 5) is 15.1. The van der Waals surface area contributed by atoms with Crippen molar-refractivity contribution >= 4 is 22.6 Å². The van der Waals surface area contributed by atoms with Gasteiger partial charge in [-0.1, -0.05) is 0 Å². The van der Waals surface area contributed by atoms with E-state index in [1.54, 1.807) is 19.3 Å². The molecule has 72 valence electrons. The lowest BCUT2D eigenvalue weighted by Crippen LogP contribution is -2.12. The molecule has 6 nitrogen and oxygen atoms in total. The van der Waals surface area contributed by atoms with Crippen molar-refractivity contribution in [3.63, 3.8) is 0 Å². The van der Waals surface area contributed by atoms with Gasteiger partial charge in [-0.2, -0.15) is 5.10 Å². The highest BCUT2D eigenvalue weighted by atomic mass is 16.1. The molecule has 6 heteroatoms. The van der Waals surface area contributed by atoms with Crippen LogP contribution in [0.25, 0.3) is 10.9 Å². The number of pyridine rings is 1. The second kappa shape index (κ2) is 2.99. The summed E-state index contributed by atoms with van der Waals surface area (Å²) >= 11 is 0. The van der Waals surface area contributed by atoms with Gasteiger partial charge >= 0.3 is 0 Å². The largest absolute Gasteiger partial charge is 0.373 e. The Bertz CT molecular complexity index is 489. The molecule has 4 N–H and O–H groups in total. The van der Waals surface area contributed by atoms with E-state index in [0.717, 1.165) is 5.52 Å². The maximum atomic E-state index is 11.0. The molecular formula is C8H9N5O. The van der Waals surface area contributed by atoms with Crippen LogP contribution in [0.1, 0.15) is 10.5 Å². The fourth-order valence-electron chi connectivity index (χ4n) is 1.33. The van der Waals surface area contributed by atoms with Gasteiger partial charge in [-0.25, -0.2) is 4.98 Å². The van der Waals surface area contributed by atoms with Gasteiger partial charge in [0, 0.05) is 13.2 Å². The Labute approximate surface area is 79.5 Å². The van der Waals surface area contributed by atoms with Gasteiger partial charge in [0.15, 0.2) is 5.69 Å². The molecule has 0 aliphatic rings. The number of amides is 1. The average Bonchev–Trinajstić information content (AvgIpc) is 2.60. The maximum Gasteiger partial charge on any atom is 0.269 e. The molecule has 0 radical (unpaired) electrons. The van der Waals surface area contributed by atoms with Crippen molar-refractivity contribution in [1.29, 1.82) is 0 Å². The Hall–Kier alpha value is -2.11. The lowest BCUT2D eigenvalue weighted by molar-refractivity contribution is 0.0997. The SMILES string of the molecule is CNc1nccc2[nH]nc(C(N)=O)c12. The number of fused-ring (bicyclic) bond motifs is 1. The van der Waals surface area contributed by atoms with Crippen molar-refractivity contribution < 1.29 is 4.79 Å². The molecule has 0 saturated heterocycles. The minimum absolute atomic E-state index is 0.206. The van der Waals surface area contributed by atoms with E-state index >= 15 is 0 Å². The van der Waals surface area contributed by atoms with Crippen molar-refractivity contribution in [3.05, 3.63) is 18.0 Å². The van der Waals surface area contributed by atoms with Crippen LogP contribution in [-0.2, 0) is 0 Å². The second-order valence-electron chi connectivity index (χ2n) is 2.77. The molecule has 0 aliphatic heterocycles. The van der Waals surface area contributed by atoms with Crippen LogP contribution in [0.5, 0.6) is 0 Å². The molecular weight excluding hydrogens is 182 g/mol. The summed E-state index contributed by atoms with van der Waals surface area (Å²) in [5.41, 5.74) is 6.11. The zero-order valence-electron chi connectivity index (χ0n) is 7.53. The van der Waals surface area contributed by atoms with E-state index < -0.39 is 5.91 Å². The first-order valence-corrected chi connectivity index (χ1v) is 4.04. The van der Waals surface area contributed by atoms with Crippen LogP contribution in [0, 0.1) is 0 Å². The zero-order valence-corrected chi connectivity index (χ0v) is 7.53. The molecule has 2 aromatic heterocycles. The van der Waals surface area contributed by atoms with Crippen LogP contribution in [0.2, 0.25) is 0 Å². The maximum absolute atomic E-state index is 11.0. The third kappa shape index (κ3) is 1.08. The Balaban J connectivity index is 2.81. The number of hydrogen-bond donors (Lipinski definition) is 3. The molecule has 0 saturated carbocycles. The number of hydrogen-bond acceptors (Lipinski definition) is 4. The lowest BCUT2D eigenvalue weighted by Gasteiger charge is -2.00. The minimum atomic E-state index is -0.569. The fraction of sp³-hybridized carbons (Fsp3) is 0.125. The highest BCUT2D eigenvalue weighted by molar-refractivity contribution is 6.07. The number of aromatic amines is 1. The van der Waals surface area contributed by atoms with Crippen molar-refractivity contribution in [2.75, 3.05) is 12.4 Å². The first-order valence-electron chi connectivity index (χ1n) is 4.04. The van der Waals surface area contributed by atoms with Crippen LogP contribution in [0.4, 0.5) is 5.82 Å². The number of aromatic nitrogens is 3. The number of nitrogens with two attached hydrogens (primary N) is 1. The number of primary amides is 1. The van der Waals surface area contributed by atoms with E-state index in [4.69, 9.17) is 5.73 Å². The number of nitrogens with zero attached hydrogens (tertiary/aromatic N) is 2. The topological polar surface area (TPSA) is 96.7 Å². The summed E-state index contributed by atoms with van der Waals surface area (Å²) in [5.74, 6) is 0.0193. The van der Waals surface area contributed by atoms with Gasteiger partial charge in [0.2, 0.25) is 0 Å². The molecule has 2 aromatic rings. The molecule has 0 aromatic carbocycles. The highest BCUT2D eigenvalue weighted by Gasteiger charge is 2.14. The van der Waals surface area contributed by atoms with Gasteiger partial charge in [-0.15, -0.1) is 0 Å². The van der Waals surface area contributed by atoms with Crippen molar-refractivity contribution in [3.8, 4) is 0 Å². The molecule has 0 unspecified atom stereocenters. The van der Waals surface area contributed by atoms with Crippen LogP contribution in [0.15, 0.2) is 12.3 Å². The smallest absolute Gasteiger partial charge is 0.269 e. The van der Waals surface area contributed by atoms with Gasteiger partial charge in [0.05, 0.1) is 10.9 Å². The quantitative estimate of drug-likeness (QED) is 0.627. The number of nitrogens with one attached hydrogen (secondary N) is 2. The third-order valence-electron chi connectivity index (χ3n) is 1.95. The predicted molar refractivity (Wildman–Crippen MR) is 52.0 cm³/mol. The lowest BCUT2D eigenvalue weighted by atomic mass is 10.2. The van der Waals surface area contributed by atoms with Crippen molar-refractivity contribution in [2.45, 2.75) is 0 Å². The predicted octanol–water partition coefficient (Wildman–Crippen LogP) is 0.0985. The molecule has 0 atom stereocenters. The van der Waals surface area contributed by atoms with Crippen LogP contribution in [0.3, 0.4) is 0 Å². The molecule has 2 heterocycles. The number of H-pyrrole nitrogens is 1. The summed E-state index contributed by atoms with van der Waals surface area (Å²) in [6.07, 6.45) is 1.62. The van der Waals surface area contributed by atoms with Gasteiger partial charge in [0.1, 0.15) is 5.82 Å². The van der Waals surface area contributed by atoms with Gasteiger partial charge < -0.3 is 11.1 Å². The van der Waals surface area contributed by atoms with Gasteiger partial charge in [-0.05, 0) is 6.07 Å². The summed E-state index contributed by atoms with van der Waals surface area (Å²) < 4.78 is 0. The molecule has 0 bridgehead atoms. The fourth-order valence-corrected chi connectivity index (χ4v) is 1.33. The van der Waals surface area contributed by atoms with Gasteiger partial charge in [-0.3, -0.25) is 9.89 Å². The second-order valence-corrected chi connectivity index (χ2v) is 2.77. The Morgan fingerprint density at radius 3 is 3.07 bits per heavy atom.